The van der Waals surface area contributed by atoms with Crippen molar-refractivity contribution in [3.8, 4) is 0 Å². The zero-order valence-electron chi connectivity index (χ0n) is 12.1. The third-order valence-electron chi connectivity index (χ3n) is 0.610. The largest absolute Gasteiger partial charge is 0.481 e. The van der Waals surface area contributed by atoms with Crippen molar-refractivity contribution in [2.45, 2.75) is 20.8 Å². The number of aliphatic carboxylic acids is 3. The molecule has 0 aliphatic carbocycles. The Morgan fingerprint density at radius 3 is 1.30 bits per heavy atom. The fraction of sp³-hybridized carbons (Fsp3) is 0.700. The van der Waals surface area contributed by atoms with Crippen LogP contribution in [0.3, 0.4) is 0 Å². The third kappa shape index (κ3) is 381. The van der Waals surface area contributed by atoms with E-state index >= 15 is 0 Å². The minimum absolute atomic E-state index is 0. The first-order valence-corrected chi connectivity index (χ1v) is 5.21. The molecule has 0 spiro atoms. The van der Waals surface area contributed by atoms with Gasteiger partial charge in [-0.1, -0.05) is 0 Å². The van der Waals surface area contributed by atoms with Crippen LogP contribution in [0.1, 0.15) is 20.8 Å². The Kier molecular flexibility index (Phi) is 49.4. The van der Waals surface area contributed by atoms with Gasteiger partial charge in [0.05, 0.1) is 6.61 Å². The van der Waals surface area contributed by atoms with E-state index < -0.39 is 17.9 Å². The number of carbonyl (C=O) groups is 3. The number of hydrogen-bond acceptors (Lipinski definition) is 6. The number of aliphatic hydroxyl groups is 1. The molecule has 0 aliphatic rings. The molecule has 9 nitrogen and oxygen atoms in total. The Morgan fingerprint density at radius 1 is 0.900 bits per heavy atom. The molecule has 7 N–H and O–H groups in total. The monoisotopic (exact) mass is 324 g/mol. The van der Waals surface area contributed by atoms with Crippen LogP contribution in [-0.2, 0) is 14.4 Å². The van der Waals surface area contributed by atoms with Gasteiger partial charge in [-0.05, 0) is 0 Å². The summed E-state index contributed by atoms with van der Waals surface area (Å²) in [5.41, 5.74) is 5.13. The van der Waals surface area contributed by atoms with E-state index in [0.717, 1.165) is 27.3 Å². The molecule has 0 aliphatic heterocycles. The van der Waals surface area contributed by atoms with Gasteiger partial charge in [-0.2, -0.15) is 0 Å². The Bertz CT molecular complexity index is 183. The molecular weight excluding hydrogens is 300 g/mol. The molecule has 0 saturated carbocycles. The van der Waals surface area contributed by atoms with Crippen molar-refractivity contribution in [2.75, 3.05) is 26.2 Å². The Balaban J connectivity index is -0.0000000512. The van der Waals surface area contributed by atoms with Crippen LogP contribution in [0.15, 0.2) is 0 Å². The normalized spacial score (nSPS) is 7.05. The number of nitrogens with one attached hydrogen (secondary N) is 1. The topological polar surface area (TPSA) is 170 Å². The van der Waals surface area contributed by atoms with Crippen molar-refractivity contribution in [2.24, 2.45) is 5.73 Å². The van der Waals surface area contributed by atoms with Crippen LogP contribution in [0.5, 0.6) is 0 Å². The molecule has 0 amide bonds. The SMILES string of the molecule is CC(=O)O.CC(=O)O.CC(=O)O.NCCNCCO.[Ca]. The van der Waals surface area contributed by atoms with Gasteiger partial charge in [0.15, 0.2) is 0 Å². The number of carboxylic acid groups (broad SMARTS) is 3. The van der Waals surface area contributed by atoms with E-state index in [-0.39, 0.29) is 44.3 Å². The van der Waals surface area contributed by atoms with Crippen molar-refractivity contribution in [1.29, 1.82) is 0 Å². The van der Waals surface area contributed by atoms with E-state index in [4.69, 9.17) is 40.5 Å². The van der Waals surface area contributed by atoms with Crippen LogP contribution in [0, 0.1) is 0 Å². The fourth-order valence-electron chi connectivity index (χ4n) is 0.306. The summed E-state index contributed by atoms with van der Waals surface area (Å²) in [5.74, 6) is -2.50. The maximum Gasteiger partial charge on any atom is 0.300 e. The van der Waals surface area contributed by atoms with Crippen LogP contribution in [0.2, 0.25) is 0 Å². The first kappa shape index (κ1) is 31.8. The Labute approximate surface area is 148 Å². The number of rotatable bonds is 4. The fourth-order valence-corrected chi connectivity index (χ4v) is 0.306. The third-order valence-corrected chi connectivity index (χ3v) is 0.610. The summed E-state index contributed by atoms with van der Waals surface area (Å²) >= 11 is 0. The molecule has 2 radical (unpaired) electrons. The molecule has 0 bridgehead atoms. The molecule has 0 unspecified atom stereocenters. The second-order valence-corrected chi connectivity index (χ2v) is 2.82. The smallest absolute Gasteiger partial charge is 0.300 e. The van der Waals surface area contributed by atoms with Gasteiger partial charge in [-0.3, -0.25) is 14.4 Å². The van der Waals surface area contributed by atoms with Crippen molar-refractivity contribution >= 4 is 55.6 Å². The summed E-state index contributed by atoms with van der Waals surface area (Å²) in [7, 11) is 0. The molecule has 0 aromatic carbocycles. The number of carboxylic acids is 3. The van der Waals surface area contributed by atoms with E-state index in [1.807, 2.05) is 0 Å². The van der Waals surface area contributed by atoms with E-state index in [2.05, 4.69) is 5.32 Å². The first-order valence-electron chi connectivity index (χ1n) is 5.21. The summed E-state index contributed by atoms with van der Waals surface area (Å²) in [4.78, 5) is 27.0. The number of aliphatic hydroxyl groups excluding tert-OH is 1. The van der Waals surface area contributed by atoms with Gasteiger partial charge in [-0.25, -0.2) is 0 Å². The summed E-state index contributed by atoms with van der Waals surface area (Å²) in [6.45, 7) is 5.53. The minimum Gasteiger partial charge on any atom is -0.481 e. The number of nitrogens with two attached hydrogens (primary N) is 1. The van der Waals surface area contributed by atoms with E-state index in [1.165, 1.54) is 0 Å². The molecular formula is C10H24CaN2O7. The first-order chi connectivity index (χ1) is 8.61. The van der Waals surface area contributed by atoms with Crippen LogP contribution in [-0.4, -0.2) is 102 Å². The maximum atomic E-state index is 9.00. The summed E-state index contributed by atoms with van der Waals surface area (Å²) in [6, 6.07) is 0. The minimum atomic E-state index is -0.833. The molecule has 0 saturated heterocycles. The van der Waals surface area contributed by atoms with Crippen LogP contribution >= 0.6 is 0 Å². The van der Waals surface area contributed by atoms with Gasteiger partial charge in [-0.15, -0.1) is 0 Å². The van der Waals surface area contributed by atoms with Crippen LogP contribution in [0.25, 0.3) is 0 Å². The molecule has 0 atom stereocenters. The van der Waals surface area contributed by atoms with Crippen molar-refractivity contribution in [3.63, 3.8) is 0 Å². The quantitative estimate of drug-likeness (QED) is 0.264. The summed E-state index contributed by atoms with van der Waals surface area (Å²) in [6.07, 6.45) is 0. The molecule has 20 heavy (non-hydrogen) atoms. The van der Waals surface area contributed by atoms with Crippen LogP contribution in [0.4, 0.5) is 0 Å². The van der Waals surface area contributed by atoms with E-state index in [1.54, 1.807) is 0 Å². The average Bonchev–Trinajstić information content (AvgIpc) is 2.15. The maximum absolute atomic E-state index is 9.00. The summed E-state index contributed by atoms with van der Waals surface area (Å²) < 4.78 is 0. The predicted molar refractivity (Wildman–Crippen MR) is 74.7 cm³/mol. The van der Waals surface area contributed by atoms with Gasteiger partial charge in [0.1, 0.15) is 0 Å². The van der Waals surface area contributed by atoms with E-state index in [9.17, 15) is 0 Å². The van der Waals surface area contributed by atoms with Gasteiger partial charge in [0.2, 0.25) is 0 Å². The molecule has 118 valence electrons. The molecule has 0 aromatic rings. The molecule has 0 heterocycles. The summed E-state index contributed by atoms with van der Waals surface area (Å²) in [5, 5.41) is 33.3. The van der Waals surface area contributed by atoms with E-state index in [0.29, 0.717) is 13.1 Å². The van der Waals surface area contributed by atoms with Crippen molar-refractivity contribution in [3.05, 3.63) is 0 Å². The second kappa shape index (κ2) is 31.1. The molecule has 10 heteroatoms. The number of hydrogen-bond donors (Lipinski definition) is 6. The van der Waals surface area contributed by atoms with Gasteiger partial charge in [0, 0.05) is 78.1 Å². The zero-order valence-corrected chi connectivity index (χ0v) is 14.3. The molecule has 0 rings (SSSR count). The average molecular weight is 324 g/mol. The van der Waals surface area contributed by atoms with Gasteiger partial charge in [0.25, 0.3) is 17.9 Å². The van der Waals surface area contributed by atoms with Crippen molar-refractivity contribution in [1.82, 2.24) is 5.32 Å². The van der Waals surface area contributed by atoms with Gasteiger partial charge >= 0.3 is 0 Å². The molecule has 0 fully saturated rings. The van der Waals surface area contributed by atoms with Crippen LogP contribution < -0.4 is 11.1 Å². The Hall–Kier alpha value is -0.450. The second-order valence-electron chi connectivity index (χ2n) is 2.82. The predicted octanol–water partition coefficient (Wildman–Crippen LogP) is -1.58. The molecule has 0 aromatic heterocycles. The Morgan fingerprint density at radius 2 is 1.15 bits per heavy atom. The standard InChI is InChI=1S/C4H12N2O.3C2H4O2.Ca/c5-1-2-6-3-4-7;3*1-2(3)4;/h6-7H,1-5H2;3*1H3,(H,3,4);. The van der Waals surface area contributed by atoms with Gasteiger partial charge < -0.3 is 31.5 Å². The van der Waals surface area contributed by atoms with Crippen molar-refractivity contribution < 1.29 is 34.8 Å². The zero-order chi connectivity index (χ0) is 16.3.